The Labute approximate surface area is 112 Å². The Balaban J connectivity index is 2.41. The van der Waals surface area contributed by atoms with Crippen molar-refractivity contribution in [3.8, 4) is 0 Å². The third kappa shape index (κ3) is 2.79. The highest BCUT2D eigenvalue weighted by Gasteiger charge is 2.23. The van der Waals surface area contributed by atoms with Crippen molar-refractivity contribution in [1.82, 2.24) is 0 Å². The molecule has 1 aliphatic carbocycles. The number of hydrogen-bond acceptors (Lipinski definition) is 1. The van der Waals surface area contributed by atoms with Crippen LogP contribution in [0.4, 0.5) is 0 Å². The summed E-state index contributed by atoms with van der Waals surface area (Å²) in [6.07, 6.45) is 4.65. The van der Waals surface area contributed by atoms with E-state index < -0.39 is 0 Å². The molecule has 0 aliphatic heterocycles. The topological polar surface area (TPSA) is 17.1 Å². The smallest absolute Gasteiger partial charge is 0.160 e. The van der Waals surface area contributed by atoms with Crippen LogP contribution in [-0.4, -0.2) is 5.78 Å². The van der Waals surface area contributed by atoms with Gasteiger partial charge in [0, 0.05) is 10.0 Å². The third-order valence-electron chi connectivity index (χ3n) is 3.81. The van der Waals surface area contributed by atoms with Gasteiger partial charge in [-0.2, -0.15) is 0 Å². The second-order valence-corrected chi connectivity index (χ2v) is 6.68. The normalized spacial score (nSPS) is 18.4. The van der Waals surface area contributed by atoms with Crippen molar-refractivity contribution in [1.29, 1.82) is 0 Å². The summed E-state index contributed by atoms with van der Waals surface area (Å²) in [5.41, 5.74) is 4.02. The van der Waals surface area contributed by atoms with Crippen LogP contribution in [0.2, 0.25) is 0 Å². The molecule has 0 radical (unpaired) electrons. The molecule has 0 aromatic heterocycles. The number of fused-ring (bicyclic) bond motifs is 1. The molecule has 17 heavy (non-hydrogen) atoms. The fourth-order valence-corrected chi connectivity index (χ4v) is 3.14. The van der Waals surface area contributed by atoms with Crippen LogP contribution in [0.25, 0.3) is 0 Å². The summed E-state index contributed by atoms with van der Waals surface area (Å²) in [5, 5.41) is 0. The van der Waals surface area contributed by atoms with Crippen LogP contribution < -0.4 is 0 Å². The van der Waals surface area contributed by atoms with Gasteiger partial charge in [-0.3, -0.25) is 4.79 Å². The molecule has 2 heteroatoms. The van der Waals surface area contributed by atoms with Crippen molar-refractivity contribution in [3.05, 3.63) is 33.3 Å². The molecule has 1 aromatic carbocycles. The highest BCUT2D eigenvalue weighted by Crippen LogP contribution is 2.35. The SMILES string of the molecule is CC(=O)c1cc2c(cc1Br)CCC(C)(C)CC2. The molecule has 1 aromatic rings. The highest BCUT2D eigenvalue weighted by atomic mass is 79.9. The van der Waals surface area contributed by atoms with Crippen molar-refractivity contribution in [2.45, 2.75) is 46.5 Å². The molecular formula is C15H19BrO. The van der Waals surface area contributed by atoms with Gasteiger partial charge in [-0.05, 0) is 61.3 Å². The quantitative estimate of drug-likeness (QED) is 0.548. The van der Waals surface area contributed by atoms with E-state index in [2.05, 4.69) is 41.9 Å². The fourth-order valence-electron chi connectivity index (χ4n) is 2.47. The van der Waals surface area contributed by atoms with E-state index in [1.165, 1.54) is 24.0 Å². The lowest BCUT2D eigenvalue weighted by atomic mass is 9.85. The first kappa shape index (κ1) is 12.8. The maximum atomic E-state index is 11.5. The number of benzene rings is 1. The van der Waals surface area contributed by atoms with Crippen LogP contribution in [0.3, 0.4) is 0 Å². The summed E-state index contributed by atoms with van der Waals surface area (Å²) in [6, 6.07) is 4.23. The summed E-state index contributed by atoms with van der Waals surface area (Å²) in [7, 11) is 0. The van der Waals surface area contributed by atoms with Gasteiger partial charge in [0.05, 0.1) is 0 Å². The predicted molar refractivity (Wildman–Crippen MR) is 74.6 cm³/mol. The maximum Gasteiger partial charge on any atom is 0.160 e. The number of ketones is 1. The van der Waals surface area contributed by atoms with E-state index in [4.69, 9.17) is 0 Å². The Hall–Kier alpha value is -0.630. The van der Waals surface area contributed by atoms with Gasteiger partial charge in [-0.25, -0.2) is 0 Å². The number of Topliss-reactive ketones (excluding diaryl/α,β-unsaturated/α-hetero) is 1. The van der Waals surface area contributed by atoms with Crippen molar-refractivity contribution < 1.29 is 4.79 Å². The number of carbonyl (C=O) groups is 1. The second kappa shape index (κ2) is 4.56. The minimum Gasteiger partial charge on any atom is -0.294 e. The Morgan fingerprint density at radius 1 is 1.18 bits per heavy atom. The van der Waals surface area contributed by atoms with Crippen molar-refractivity contribution in [2.24, 2.45) is 5.41 Å². The fraction of sp³-hybridized carbons (Fsp3) is 0.533. The van der Waals surface area contributed by atoms with Gasteiger partial charge in [-0.1, -0.05) is 29.8 Å². The van der Waals surface area contributed by atoms with Gasteiger partial charge in [0.2, 0.25) is 0 Å². The zero-order valence-corrected chi connectivity index (χ0v) is 12.4. The Morgan fingerprint density at radius 2 is 1.71 bits per heavy atom. The van der Waals surface area contributed by atoms with E-state index in [0.29, 0.717) is 5.41 Å². The van der Waals surface area contributed by atoms with Gasteiger partial charge >= 0.3 is 0 Å². The van der Waals surface area contributed by atoms with E-state index in [1.54, 1.807) is 6.92 Å². The Bertz CT molecular complexity index is 460. The van der Waals surface area contributed by atoms with Crippen molar-refractivity contribution in [3.63, 3.8) is 0 Å². The molecular weight excluding hydrogens is 276 g/mol. The number of rotatable bonds is 1. The first-order valence-corrected chi connectivity index (χ1v) is 7.01. The van der Waals surface area contributed by atoms with Crippen molar-refractivity contribution in [2.75, 3.05) is 0 Å². The molecule has 0 spiro atoms. The lowest BCUT2D eigenvalue weighted by Gasteiger charge is -2.21. The molecule has 1 nitrogen and oxygen atoms in total. The number of halogens is 1. The van der Waals surface area contributed by atoms with E-state index in [0.717, 1.165) is 22.9 Å². The van der Waals surface area contributed by atoms with Crippen LogP contribution in [0.1, 0.15) is 55.1 Å². The standard InChI is InChI=1S/C15H19BrO/c1-10(17)13-8-11-4-6-15(2,3)7-5-12(11)9-14(13)16/h8-9H,4-7H2,1-3H3. The van der Waals surface area contributed by atoms with Crippen LogP contribution in [0.15, 0.2) is 16.6 Å². The summed E-state index contributed by atoms with van der Waals surface area (Å²) >= 11 is 3.51. The van der Waals surface area contributed by atoms with E-state index >= 15 is 0 Å². The van der Waals surface area contributed by atoms with E-state index in [9.17, 15) is 4.79 Å². The van der Waals surface area contributed by atoms with Crippen LogP contribution >= 0.6 is 15.9 Å². The summed E-state index contributed by atoms with van der Waals surface area (Å²) < 4.78 is 0.948. The maximum absolute atomic E-state index is 11.5. The summed E-state index contributed by atoms with van der Waals surface area (Å²) in [5.74, 6) is 0.142. The number of aryl methyl sites for hydroxylation is 2. The lowest BCUT2D eigenvalue weighted by Crippen LogP contribution is -2.10. The van der Waals surface area contributed by atoms with Crippen LogP contribution in [-0.2, 0) is 12.8 Å². The zero-order chi connectivity index (χ0) is 12.6. The monoisotopic (exact) mass is 294 g/mol. The molecule has 0 unspecified atom stereocenters. The van der Waals surface area contributed by atoms with E-state index in [1.807, 2.05) is 0 Å². The molecule has 92 valence electrons. The van der Waals surface area contributed by atoms with Gasteiger partial charge in [-0.15, -0.1) is 0 Å². The molecule has 1 aliphatic rings. The van der Waals surface area contributed by atoms with Crippen molar-refractivity contribution >= 4 is 21.7 Å². The van der Waals surface area contributed by atoms with E-state index in [-0.39, 0.29) is 5.78 Å². The van der Waals surface area contributed by atoms with Crippen LogP contribution in [0.5, 0.6) is 0 Å². The average Bonchev–Trinajstić information content (AvgIpc) is 2.37. The molecule has 0 saturated heterocycles. The largest absolute Gasteiger partial charge is 0.294 e. The molecule has 2 rings (SSSR count). The van der Waals surface area contributed by atoms with Gasteiger partial charge < -0.3 is 0 Å². The highest BCUT2D eigenvalue weighted by molar-refractivity contribution is 9.10. The van der Waals surface area contributed by atoms with Gasteiger partial charge in [0.25, 0.3) is 0 Å². The molecule has 0 heterocycles. The number of hydrogen-bond donors (Lipinski definition) is 0. The average molecular weight is 295 g/mol. The third-order valence-corrected chi connectivity index (χ3v) is 4.47. The van der Waals surface area contributed by atoms with Crippen LogP contribution in [0, 0.1) is 5.41 Å². The second-order valence-electron chi connectivity index (χ2n) is 5.82. The lowest BCUT2D eigenvalue weighted by molar-refractivity contribution is 0.101. The molecule has 0 amide bonds. The number of carbonyl (C=O) groups excluding carboxylic acids is 1. The minimum atomic E-state index is 0.142. The molecule has 0 bridgehead atoms. The molecule has 0 N–H and O–H groups in total. The predicted octanol–water partition coefficient (Wildman–Crippen LogP) is 4.56. The summed E-state index contributed by atoms with van der Waals surface area (Å²) in [6.45, 7) is 6.30. The zero-order valence-electron chi connectivity index (χ0n) is 10.8. The molecule has 0 saturated carbocycles. The Kier molecular flexibility index (Phi) is 3.44. The first-order valence-electron chi connectivity index (χ1n) is 6.21. The van der Waals surface area contributed by atoms with Gasteiger partial charge in [0.15, 0.2) is 5.78 Å². The minimum absolute atomic E-state index is 0.142. The molecule has 0 atom stereocenters. The summed E-state index contributed by atoms with van der Waals surface area (Å²) in [4.78, 5) is 11.5. The first-order chi connectivity index (χ1) is 7.89. The molecule has 0 fully saturated rings. The Morgan fingerprint density at radius 3 is 2.24 bits per heavy atom. The van der Waals surface area contributed by atoms with Gasteiger partial charge in [0.1, 0.15) is 0 Å².